The van der Waals surface area contributed by atoms with E-state index in [0.717, 1.165) is 12.1 Å². The molecular weight excluding hydrogens is 263 g/mol. The van der Waals surface area contributed by atoms with Crippen LogP contribution in [-0.4, -0.2) is 23.0 Å². The van der Waals surface area contributed by atoms with Crippen molar-refractivity contribution in [2.24, 2.45) is 0 Å². The first-order chi connectivity index (χ1) is 8.75. The highest BCUT2D eigenvalue weighted by molar-refractivity contribution is 5.96. The first-order valence-electron chi connectivity index (χ1n) is 5.46. The van der Waals surface area contributed by atoms with Crippen LogP contribution in [0.25, 0.3) is 0 Å². The quantitative estimate of drug-likeness (QED) is 0.886. The van der Waals surface area contributed by atoms with Gasteiger partial charge >= 0.3 is 12.1 Å². The molecule has 0 unspecified atom stereocenters. The SMILES string of the molecule is CC[C@H](NC(=O)c1cccc(C(F)(F)F)c1)C(=O)O. The average molecular weight is 275 g/mol. The van der Waals surface area contributed by atoms with Gasteiger partial charge in [-0.2, -0.15) is 13.2 Å². The van der Waals surface area contributed by atoms with Gasteiger partial charge in [-0.25, -0.2) is 4.79 Å². The standard InChI is InChI=1S/C12H12F3NO3/c1-2-9(11(18)19)16-10(17)7-4-3-5-8(6-7)12(13,14)15/h3-6,9H,2H2,1H3,(H,16,17)(H,18,19)/t9-/m0/s1. The summed E-state index contributed by atoms with van der Waals surface area (Å²) in [5.41, 5.74) is -1.18. The minimum absolute atomic E-state index is 0.139. The normalized spacial score (nSPS) is 12.8. The molecule has 7 heteroatoms. The first-order valence-corrected chi connectivity index (χ1v) is 5.46. The zero-order chi connectivity index (χ0) is 14.6. The molecule has 0 aliphatic carbocycles. The topological polar surface area (TPSA) is 66.4 Å². The van der Waals surface area contributed by atoms with E-state index in [1.807, 2.05) is 0 Å². The molecule has 2 N–H and O–H groups in total. The van der Waals surface area contributed by atoms with Gasteiger partial charge in [0.1, 0.15) is 6.04 Å². The maximum absolute atomic E-state index is 12.5. The van der Waals surface area contributed by atoms with E-state index in [2.05, 4.69) is 5.32 Å². The number of hydrogen-bond donors (Lipinski definition) is 2. The molecule has 1 rings (SSSR count). The van der Waals surface area contributed by atoms with Crippen LogP contribution in [0.2, 0.25) is 0 Å². The number of carbonyl (C=O) groups is 2. The summed E-state index contributed by atoms with van der Waals surface area (Å²) in [6.45, 7) is 1.55. The zero-order valence-electron chi connectivity index (χ0n) is 9.99. The number of carbonyl (C=O) groups excluding carboxylic acids is 1. The summed E-state index contributed by atoms with van der Waals surface area (Å²) in [4.78, 5) is 22.4. The van der Waals surface area contributed by atoms with Crippen molar-refractivity contribution in [2.45, 2.75) is 25.6 Å². The fourth-order valence-corrected chi connectivity index (χ4v) is 1.42. The molecule has 1 atom stereocenters. The molecule has 1 amide bonds. The number of benzene rings is 1. The summed E-state index contributed by atoms with van der Waals surface area (Å²) >= 11 is 0. The summed E-state index contributed by atoms with van der Waals surface area (Å²) in [6.07, 6.45) is -4.41. The molecule has 0 radical (unpaired) electrons. The molecule has 1 aromatic rings. The smallest absolute Gasteiger partial charge is 0.416 e. The molecule has 0 aliphatic heterocycles. The summed E-state index contributed by atoms with van der Waals surface area (Å²) in [5.74, 6) is -2.08. The molecule has 0 saturated heterocycles. The molecule has 0 saturated carbocycles. The van der Waals surface area contributed by atoms with Crippen LogP contribution in [0.3, 0.4) is 0 Å². The van der Waals surface area contributed by atoms with Crippen LogP contribution in [0.15, 0.2) is 24.3 Å². The number of carboxylic acid groups (broad SMARTS) is 1. The predicted molar refractivity (Wildman–Crippen MR) is 60.6 cm³/mol. The third-order valence-electron chi connectivity index (χ3n) is 2.46. The maximum Gasteiger partial charge on any atom is 0.416 e. The van der Waals surface area contributed by atoms with Crippen LogP contribution in [-0.2, 0) is 11.0 Å². The lowest BCUT2D eigenvalue weighted by molar-refractivity contribution is -0.139. The van der Waals surface area contributed by atoms with Gasteiger partial charge in [0.05, 0.1) is 5.56 Å². The van der Waals surface area contributed by atoms with Crippen LogP contribution in [0, 0.1) is 0 Å². The van der Waals surface area contributed by atoms with Crippen molar-refractivity contribution in [3.8, 4) is 0 Å². The summed E-state index contributed by atoms with van der Waals surface area (Å²) in [7, 11) is 0. The van der Waals surface area contributed by atoms with Gasteiger partial charge in [-0.3, -0.25) is 4.79 Å². The highest BCUT2D eigenvalue weighted by atomic mass is 19.4. The lowest BCUT2D eigenvalue weighted by atomic mass is 10.1. The molecule has 19 heavy (non-hydrogen) atoms. The summed E-state index contributed by atoms with van der Waals surface area (Å²) in [5, 5.41) is 10.9. The Kier molecular flexibility index (Phi) is 4.52. The minimum Gasteiger partial charge on any atom is -0.480 e. The van der Waals surface area contributed by atoms with Gasteiger partial charge in [0, 0.05) is 5.56 Å². The Labute approximate surface area is 107 Å². The van der Waals surface area contributed by atoms with Crippen LogP contribution < -0.4 is 5.32 Å². The van der Waals surface area contributed by atoms with Crippen molar-refractivity contribution in [1.82, 2.24) is 5.32 Å². The van der Waals surface area contributed by atoms with Gasteiger partial charge in [-0.05, 0) is 24.6 Å². The average Bonchev–Trinajstić information content (AvgIpc) is 2.34. The van der Waals surface area contributed by atoms with Crippen molar-refractivity contribution >= 4 is 11.9 Å². The highest BCUT2D eigenvalue weighted by Crippen LogP contribution is 2.29. The first kappa shape index (κ1) is 15.0. The van der Waals surface area contributed by atoms with E-state index >= 15 is 0 Å². The Hall–Kier alpha value is -2.05. The van der Waals surface area contributed by atoms with E-state index in [1.54, 1.807) is 6.92 Å². The van der Waals surface area contributed by atoms with Gasteiger partial charge in [0.2, 0.25) is 0 Å². The number of aliphatic carboxylic acids is 1. The van der Waals surface area contributed by atoms with E-state index < -0.39 is 29.7 Å². The summed E-state index contributed by atoms with van der Waals surface area (Å²) in [6, 6.07) is 2.69. The molecular formula is C12H12F3NO3. The third kappa shape index (κ3) is 3.97. The monoisotopic (exact) mass is 275 g/mol. The van der Waals surface area contributed by atoms with Crippen molar-refractivity contribution in [2.75, 3.05) is 0 Å². The van der Waals surface area contributed by atoms with E-state index in [9.17, 15) is 22.8 Å². The number of carboxylic acids is 1. The predicted octanol–water partition coefficient (Wildman–Crippen LogP) is 2.30. The van der Waals surface area contributed by atoms with Crippen LogP contribution in [0.4, 0.5) is 13.2 Å². The van der Waals surface area contributed by atoms with E-state index in [1.165, 1.54) is 6.07 Å². The van der Waals surface area contributed by atoms with Crippen molar-refractivity contribution in [3.63, 3.8) is 0 Å². The van der Waals surface area contributed by atoms with Gasteiger partial charge in [-0.1, -0.05) is 13.0 Å². The second-order valence-electron chi connectivity index (χ2n) is 3.85. The van der Waals surface area contributed by atoms with Gasteiger partial charge in [0.15, 0.2) is 0 Å². The van der Waals surface area contributed by atoms with Crippen LogP contribution in [0.1, 0.15) is 29.3 Å². The number of halogens is 3. The van der Waals surface area contributed by atoms with E-state index in [4.69, 9.17) is 5.11 Å². The van der Waals surface area contributed by atoms with Gasteiger partial charge < -0.3 is 10.4 Å². The van der Waals surface area contributed by atoms with E-state index in [-0.39, 0.29) is 12.0 Å². The number of alkyl halides is 3. The molecule has 0 aromatic heterocycles. The Morgan fingerprint density at radius 3 is 2.47 bits per heavy atom. The molecule has 0 aliphatic rings. The fourth-order valence-electron chi connectivity index (χ4n) is 1.42. The highest BCUT2D eigenvalue weighted by Gasteiger charge is 2.31. The summed E-state index contributed by atoms with van der Waals surface area (Å²) < 4.78 is 37.4. The molecule has 0 heterocycles. The Balaban J connectivity index is 2.92. The number of nitrogens with one attached hydrogen (secondary N) is 1. The van der Waals surface area contributed by atoms with Gasteiger partial charge in [-0.15, -0.1) is 0 Å². The second kappa shape index (κ2) is 5.73. The van der Waals surface area contributed by atoms with E-state index in [0.29, 0.717) is 6.07 Å². The molecule has 4 nitrogen and oxygen atoms in total. The lowest BCUT2D eigenvalue weighted by Crippen LogP contribution is -2.40. The Bertz CT molecular complexity index is 485. The van der Waals surface area contributed by atoms with Crippen LogP contribution >= 0.6 is 0 Å². The second-order valence-corrected chi connectivity index (χ2v) is 3.85. The Morgan fingerprint density at radius 1 is 1.37 bits per heavy atom. The largest absolute Gasteiger partial charge is 0.480 e. The Morgan fingerprint density at radius 2 is 2.00 bits per heavy atom. The molecule has 0 fully saturated rings. The molecule has 104 valence electrons. The number of hydrogen-bond acceptors (Lipinski definition) is 2. The third-order valence-corrected chi connectivity index (χ3v) is 2.46. The van der Waals surface area contributed by atoms with Crippen molar-refractivity contribution < 1.29 is 27.9 Å². The number of rotatable bonds is 4. The van der Waals surface area contributed by atoms with Gasteiger partial charge in [0.25, 0.3) is 5.91 Å². The van der Waals surface area contributed by atoms with Crippen molar-refractivity contribution in [1.29, 1.82) is 0 Å². The van der Waals surface area contributed by atoms with Crippen molar-refractivity contribution in [3.05, 3.63) is 35.4 Å². The molecule has 0 spiro atoms. The minimum atomic E-state index is -4.55. The molecule has 0 bridgehead atoms. The number of amides is 1. The molecule has 1 aromatic carbocycles. The fraction of sp³-hybridized carbons (Fsp3) is 0.333. The zero-order valence-corrected chi connectivity index (χ0v) is 9.99. The van der Waals surface area contributed by atoms with Crippen LogP contribution in [0.5, 0.6) is 0 Å². The lowest BCUT2D eigenvalue weighted by Gasteiger charge is -2.13. The maximum atomic E-state index is 12.5.